The maximum Gasteiger partial charge on any atom is 0.327 e. The number of hydrogen-bond acceptors (Lipinski definition) is 4. The fourth-order valence-corrected chi connectivity index (χ4v) is 1.76. The second-order valence-corrected chi connectivity index (χ2v) is 3.65. The van der Waals surface area contributed by atoms with Gasteiger partial charge in [0.05, 0.1) is 12.1 Å². The molecule has 4 heteroatoms. The average molecular weight is 230 g/mol. The van der Waals surface area contributed by atoms with Gasteiger partial charge in [-0.05, 0) is 24.6 Å². The van der Waals surface area contributed by atoms with Gasteiger partial charge in [-0.15, -0.1) is 0 Å². The molecule has 0 fully saturated rings. The summed E-state index contributed by atoms with van der Waals surface area (Å²) in [5, 5.41) is 0.885. The number of pyridine rings is 1. The number of carbonyl (C=O) groups excluding carboxylic acids is 1. The summed E-state index contributed by atoms with van der Waals surface area (Å²) in [5.41, 5.74) is 7.46. The van der Waals surface area contributed by atoms with Crippen LogP contribution in [0.15, 0.2) is 36.5 Å². The first kappa shape index (κ1) is 11.5. The number of benzene rings is 1. The molecule has 2 rings (SSSR count). The monoisotopic (exact) mass is 230 g/mol. The van der Waals surface area contributed by atoms with Gasteiger partial charge >= 0.3 is 5.97 Å². The van der Waals surface area contributed by atoms with Crippen molar-refractivity contribution in [3.8, 4) is 0 Å². The molecule has 4 nitrogen and oxygen atoms in total. The maximum absolute atomic E-state index is 11.6. The van der Waals surface area contributed by atoms with Crippen molar-refractivity contribution in [1.29, 1.82) is 0 Å². The van der Waals surface area contributed by atoms with Gasteiger partial charge in [-0.3, -0.25) is 4.98 Å². The summed E-state index contributed by atoms with van der Waals surface area (Å²) >= 11 is 0. The molecule has 2 N–H and O–H groups in total. The number of ether oxygens (including phenoxy) is 1. The van der Waals surface area contributed by atoms with E-state index >= 15 is 0 Å². The zero-order valence-corrected chi connectivity index (χ0v) is 9.59. The Balaban J connectivity index is 2.44. The summed E-state index contributed by atoms with van der Waals surface area (Å²) in [5.74, 6) is -0.413. The Labute approximate surface area is 99.4 Å². The van der Waals surface area contributed by atoms with Crippen LogP contribution in [0, 0.1) is 0 Å². The van der Waals surface area contributed by atoms with Crippen molar-refractivity contribution in [2.24, 2.45) is 5.73 Å². The lowest BCUT2D eigenvalue weighted by atomic mass is 10.0. The normalized spacial score (nSPS) is 12.4. The van der Waals surface area contributed by atoms with Gasteiger partial charge in [0.2, 0.25) is 0 Å². The van der Waals surface area contributed by atoms with Gasteiger partial charge in [0.15, 0.2) is 0 Å². The Morgan fingerprint density at radius 2 is 2.24 bits per heavy atom. The third-order valence-electron chi connectivity index (χ3n) is 2.56. The second kappa shape index (κ2) is 4.93. The Kier molecular flexibility index (Phi) is 3.35. The Hall–Kier alpha value is -1.94. The molecule has 1 unspecified atom stereocenters. The Morgan fingerprint density at radius 3 is 3.00 bits per heavy atom. The van der Waals surface area contributed by atoms with Crippen LogP contribution in [0.4, 0.5) is 0 Å². The van der Waals surface area contributed by atoms with E-state index in [1.165, 1.54) is 0 Å². The van der Waals surface area contributed by atoms with Gasteiger partial charge in [-0.1, -0.05) is 18.2 Å². The molecule has 0 saturated carbocycles. The fraction of sp³-hybridized carbons (Fsp3) is 0.231. The first-order chi connectivity index (χ1) is 8.24. The molecule has 0 aliphatic rings. The van der Waals surface area contributed by atoms with Crippen molar-refractivity contribution in [3.05, 3.63) is 42.1 Å². The molecule has 0 aliphatic carbocycles. The number of fused-ring (bicyclic) bond motifs is 1. The smallest absolute Gasteiger partial charge is 0.327 e. The molecule has 88 valence electrons. The van der Waals surface area contributed by atoms with Crippen LogP contribution in [-0.2, 0) is 9.53 Å². The van der Waals surface area contributed by atoms with Gasteiger partial charge in [0.25, 0.3) is 0 Å². The minimum atomic E-state index is -0.761. The minimum absolute atomic E-state index is 0.329. The molecule has 0 amide bonds. The van der Waals surface area contributed by atoms with Crippen molar-refractivity contribution in [2.75, 3.05) is 6.61 Å². The molecule has 0 spiro atoms. The Bertz CT molecular complexity index is 534. The summed E-state index contributed by atoms with van der Waals surface area (Å²) in [6.45, 7) is 2.09. The number of nitrogens with zero attached hydrogens (tertiary/aromatic N) is 1. The van der Waals surface area contributed by atoms with Crippen LogP contribution in [0.5, 0.6) is 0 Å². The van der Waals surface area contributed by atoms with Crippen molar-refractivity contribution >= 4 is 16.9 Å². The van der Waals surface area contributed by atoms with Crippen LogP contribution < -0.4 is 5.73 Å². The van der Waals surface area contributed by atoms with Crippen LogP contribution >= 0.6 is 0 Å². The zero-order chi connectivity index (χ0) is 12.3. The largest absolute Gasteiger partial charge is 0.465 e. The lowest BCUT2D eigenvalue weighted by molar-refractivity contribution is -0.144. The van der Waals surface area contributed by atoms with E-state index in [-0.39, 0.29) is 0 Å². The highest BCUT2D eigenvalue weighted by atomic mass is 16.5. The van der Waals surface area contributed by atoms with E-state index < -0.39 is 12.0 Å². The van der Waals surface area contributed by atoms with Crippen molar-refractivity contribution in [1.82, 2.24) is 4.98 Å². The summed E-state index contributed by atoms with van der Waals surface area (Å²) in [6, 6.07) is 8.51. The minimum Gasteiger partial charge on any atom is -0.465 e. The zero-order valence-electron chi connectivity index (χ0n) is 9.59. The number of esters is 1. The number of rotatable bonds is 3. The molecular weight excluding hydrogens is 216 g/mol. The highest BCUT2D eigenvalue weighted by molar-refractivity contribution is 5.88. The average Bonchev–Trinajstić information content (AvgIpc) is 2.37. The van der Waals surface area contributed by atoms with Gasteiger partial charge < -0.3 is 10.5 Å². The van der Waals surface area contributed by atoms with Crippen LogP contribution in [0.25, 0.3) is 10.9 Å². The summed E-state index contributed by atoms with van der Waals surface area (Å²) < 4.78 is 4.92. The first-order valence-corrected chi connectivity index (χ1v) is 5.50. The number of nitrogens with two attached hydrogens (primary N) is 1. The molecule has 1 aromatic heterocycles. The maximum atomic E-state index is 11.6. The van der Waals surface area contributed by atoms with E-state index in [1.807, 2.05) is 30.3 Å². The molecule has 1 aromatic carbocycles. The van der Waals surface area contributed by atoms with Gasteiger partial charge in [-0.2, -0.15) is 0 Å². The SMILES string of the molecule is CCOC(=O)C(N)c1cccc2ncccc12. The topological polar surface area (TPSA) is 65.2 Å². The number of aromatic nitrogens is 1. The lowest BCUT2D eigenvalue weighted by Gasteiger charge is -2.12. The van der Waals surface area contributed by atoms with E-state index in [4.69, 9.17) is 10.5 Å². The van der Waals surface area contributed by atoms with E-state index in [0.29, 0.717) is 6.61 Å². The molecule has 1 atom stereocenters. The van der Waals surface area contributed by atoms with Gasteiger partial charge in [0.1, 0.15) is 6.04 Å². The third kappa shape index (κ3) is 2.26. The molecule has 2 aromatic rings. The fourth-order valence-electron chi connectivity index (χ4n) is 1.76. The van der Waals surface area contributed by atoms with E-state index in [2.05, 4.69) is 4.98 Å². The first-order valence-electron chi connectivity index (χ1n) is 5.50. The van der Waals surface area contributed by atoms with Crippen LogP contribution in [-0.4, -0.2) is 17.6 Å². The van der Waals surface area contributed by atoms with Crippen LogP contribution in [0.3, 0.4) is 0 Å². The molecular formula is C13H14N2O2. The number of carbonyl (C=O) groups is 1. The predicted octanol–water partition coefficient (Wildman–Crippen LogP) is 1.80. The van der Waals surface area contributed by atoms with Crippen LogP contribution in [0.2, 0.25) is 0 Å². The molecule has 1 heterocycles. The quantitative estimate of drug-likeness (QED) is 0.816. The summed E-state index contributed by atoms with van der Waals surface area (Å²) in [6.07, 6.45) is 1.71. The lowest BCUT2D eigenvalue weighted by Crippen LogP contribution is -2.23. The Morgan fingerprint density at radius 1 is 1.41 bits per heavy atom. The van der Waals surface area contributed by atoms with Gasteiger partial charge in [-0.25, -0.2) is 4.79 Å². The van der Waals surface area contributed by atoms with E-state index in [0.717, 1.165) is 16.5 Å². The predicted molar refractivity (Wildman–Crippen MR) is 65.3 cm³/mol. The highest BCUT2D eigenvalue weighted by Gasteiger charge is 2.18. The van der Waals surface area contributed by atoms with Crippen molar-refractivity contribution in [2.45, 2.75) is 13.0 Å². The number of hydrogen-bond donors (Lipinski definition) is 1. The second-order valence-electron chi connectivity index (χ2n) is 3.65. The van der Waals surface area contributed by atoms with Crippen molar-refractivity contribution < 1.29 is 9.53 Å². The van der Waals surface area contributed by atoms with E-state index in [9.17, 15) is 4.79 Å². The summed E-state index contributed by atoms with van der Waals surface area (Å²) in [7, 11) is 0. The molecule has 0 radical (unpaired) electrons. The van der Waals surface area contributed by atoms with Crippen LogP contribution in [0.1, 0.15) is 18.5 Å². The highest BCUT2D eigenvalue weighted by Crippen LogP contribution is 2.22. The molecule has 17 heavy (non-hydrogen) atoms. The standard InChI is InChI=1S/C13H14N2O2/c1-2-17-13(16)12(14)10-5-3-7-11-9(10)6-4-8-15-11/h3-8,12H,2,14H2,1H3. The van der Waals surface area contributed by atoms with E-state index in [1.54, 1.807) is 13.1 Å². The summed E-state index contributed by atoms with van der Waals surface area (Å²) in [4.78, 5) is 15.8. The molecule has 0 saturated heterocycles. The van der Waals surface area contributed by atoms with Gasteiger partial charge in [0, 0.05) is 11.6 Å². The third-order valence-corrected chi connectivity index (χ3v) is 2.56. The van der Waals surface area contributed by atoms with Crippen molar-refractivity contribution in [3.63, 3.8) is 0 Å². The molecule has 0 bridgehead atoms. The molecule has 0 aliphatic heterocycles.